The smallest absolute Gasteiger partial charge is 0.262 e. The molecule has 7 heteroatoms. The molecule has 2 aromatic carbocycles. The summed E-state index contributed by atoms with van der Waals surface area (Å²) < 4.78 is 8.69. The van der Waals surface area contributed by atoms with Gasteiger partial charge in [-0.15, -0.1) is 10.2 Å². The first-order valence-electron chi connectivity index (χ1n) is 8.30. The fourth-order valence-corrected chi connectivity index (χ4v) is 3.14. The fraction of sp³-hybridized carbons (Fsp3) is 0.211. The molecule has 0 bridgehead atoms. The lowest BCUT2D eigenvalue weighted by Gasteiger charge is -2.11. The lowest BCUT2D eigenvalue weighted by Crippen LogP contribution is -2.20. The Morgan fingerprint density at radius 2 is 1.96 bits per heavy atom. The molecule has 2 heterocycles. The van der Waals surface area contributed by atoms with Crippen LogP contribution in [0, 0.1) is 6.92 Å². The first-order valence-corrected chi connectivity index (χ1v) is 8.30. The van der Waals surface area contributed by atoms with Crippen molar-refractivity contribution in [3.8, 4) is 5.75 Å². The quantitative estimate of drug-likeness (QED) is 0.613. The molecule has 0 saturated carbocycles. The Kier molecular flexibility index (Phi) is 3.84. The Morgan fingerprint density at radius 3 is 2.73 bits per heavy atom. The minimum Gasteiger partial charge on any atom is -0.497 e. The highest BCUT2D eigenvalue weighted by Crippen LogP contribution is 2.22. The van der Waals surface area contributed by atoms with Crippen molar-refractivity contribution in [3.05, 3.63) is 64.2 Å². The van der Waals surface area contributed by atoms with E-state index in [1.165, 1.54) is 4.57 Å². The molecule has 4 aromatic rings. The topological polar surface area (TPSA) is 73.4 Å². The van der Waals surface area contributed by atoms with E-state index in [9.17, 15) is 4.79 Å². The van der Waals surface area contributed by atoms with Crippen molar-refractivity contribution in [2.24, 2.45) is 7.05 Å². The highest BCUT2D eigenvalue weighted by atomic mass is 16.5. The van der Waals surface area contributed by atoms with Gasteiger partial charge in [0.15, 0.2) is 5.82 Å². The van der Waals surface area contributed by atoms with Crippen molar-refractivity contribution in [1.82, 2.24) is 19.2 Å². The number of aromatic nitrogens is 4. The predicted molar refractivity (Wildman–Crippen MR) is 101 cm³/mol. The summed E-state index contributed by atoms with van der Waals surface area (Å²) >= 11 is 0. The van der Waals surface area contributed by atoms with E-state index in [0.29, 0.717) is 17.7 Å². The van der Waals surface area contributed by atoms with Crippen molar-refractivity contribution in [2.45, 2.75) is 13.5 Å². The summed E-state index contributed by atoms with van der Waals surface area (Å²) in [5, 5.41) is 12.5. The number of nitrogens with zero attached hydrogens (tertiary/aromatic N) is 4. The van der Waals surface area contributed by atoms with Crippen LogP contribution < -0.4 is 15.6 Å². The summed E-state index contributed by atoms with van der Waals surface area (Å²) in [6.07, 6.45) is 0. The Labute approximate surface area is 149 Å². The van der Waals surface area contributed by atoms with E-state index in [-0.39, 0.29) is 5.56 Å². The van der Waals surface area contributed by atoms with E-state index < -0.39 is 0 Å². The van der Waals surface area contributed by atoms with Crippen LogP contribution in [-0.4, -0.2) is 26.3 Å². The van der Waals surface area contributed by atoms with Crippen molar-refractivity contribution >= 4 is 22.4 Å². The zero-order chi connectivity index (χ0) is 18.3. The van der Waals surface area contributed by atoms with Crippen molar-refractivity contribution in [1.29, 1.82) is 0 Å². The number of fused-ring (bicyclic) bond motifs is 3. The van der Waals surface area contributed by atoms with Gasteiger partial charge in [-0.3, -0.25) is 13.8 Å². The second kappa shape index (κ2) is 6.18. The average molecular weight is 349 g/mol. The number of anilines is 1. The first kappa shape index (κ1) is 16.1. The second-order valence-electron chi connectivity index (χ2n) is 6.17. The number of nitrogens with one attached hydrogen (secondary N) is 1. The van der Waals surface area contributed by atoms with Crippen LogP contribution in [-0.2, 0) is 13.6 Å². The fourth-order valence-electron chi connectivity index (χ4n) is 3.14. The number of aryl methyl sites for hydroxylation is 2. The van der Waals surface area contributed by atoms with Gasteiger partial charge in [-0.2, -0.15) is 0 Å². The SMILES string of the molecule is COc1ccc(NCc2nnc3n(C)c(=O)c4ccccc4n23)c(C)c1. The summed E-state index contributed by atoms with van der Waals surface area (Å²) in [7, 11) is 3.36. The molecule has 2 aromatic heterocycles. The first-order chi connectivity index (χ1) is 12.6. The lowest BCUT2D eigenvalue weighted by molar-refractivity contribution is 0.414. The second-order valence-corrected chi connectivity index (χ2v) is 6.17. The molecular weight excluding hydrogens is 330 g/mol. The molecule has 4 rings (SSSR count). The van der Waals surface area contributed by atoms with Crippen LogP contribution in [0.15, 0.2) is 47.3 Å². The molecule has 0 unspecified atom stereocenters. The number of hydrogen-bond donors (Lipinski definition) is 1. The number of benzene rings is 2. The number of para-hydroxylation sites is 1. The molecule has 0 aliphatic carbocycles. The molecule has 0 saturated heterocycles. The zero-order valence-corrected chi connectivity index (χ0v) is 14.9. The molecule has 1 N–H and O–H groups in total. The highest BCUT2D eigenvalue weighted by molar-refractivity contribution is 5.80. The van der Waals surface area contributed by atoms with E-state index in [1.807, 2.05) is 53.8 Å². The number of methoxy groups -OCH3 is 1. The number of ether oxygens (including phenoxy) is 1. The molecule has 0 amide bonds. The van der Waals surface area contributed by atoms with Crippen LogP contribution in [0.3, 0.4) is 0 Å². The Balaban J connectivity index is 1.77. The average Bonchev–Trinajstić information content (AvgIpc) is 3.09. The van der Waals surface area contributed by atoms with Crippen LogP contribution >= 0.6 is 0 Å². The standard InChI is InChI=1S/C19H19N5O2/c1-12-10-13(26-3)8-9-15(12)20-11-17-21-22-19-23(2)18(25)14-6-4-5-7-16(14)24(17)19/h4-10,20H,11H2,1-3H3. The number of hydrogen-bond acceptors (Lipinski definition) is 5. The van der Waals surface area contributed by atoms with Gasteiger partial charge in [0.2, 0.25) is 5.78 Å². The molecule has 7 nitrogen and oxygen atoms in total. The zero-order valence-electron chi connectivity index (χ0n) is 14.9. The monoisotopic (exact) mass is 349 g/mol. The largest absolute Gasteiger partial charge is 0.497 e. The Morgan fingerprint density at radius 1 is 1.15 bits per heavy atom. The minimum atomic E-state index is -0.0778. The van der Waals surface area contributed by atoms with Gasteiger partial charge in [0.05, 0.1) is 24.6 Å². The molecule has 0 aliphatic heterocycles. The minimum absolute atomic E-state index is 0.0778. The third-order valence-corrected chi connectivity index (χ3v) is 4.56. The summed E-state index contributed by atoms with van der Waals surface area (Å²) in [5.74, 6) is 2.08. The van der Waals surface area contributed by atoms with Crippen LogP contribution in [0.5, 0.6) is 5.75 Å². The molecule has 0 aliphatic rings. The van der Waals surface area contributed by atoms with E-state index in [2.05, 4.69) is 15.5 Å². The summed E-state index contributed by atoms with van der Waals surface area (Å²) in [6.45, 7) is 2.50. The summed E-state index contributed by atoms with van der Waals surface area (Å²) in [5.41, 5.74) is 2.80. The van der Waals surface area contributed by atoms with Gasteiger partial charge in [0, 0.05) is 12.7 Å². The predicted octanol–water partition coefficient (Wildman–Crippen LogP) is 2.51. The normalized spacial score (nSPS) is 11.2. The molecule has 0 radical (unpaired) electrons. The lowest BCUT2D eigenvalue weighted by atomic mass is 10.2. The molecule has 0 atom stereocenters. The Bertz CT molecular complexity index is 1180. The van der Waals surface area contributed by atoms with Crippen molar-refractivity contribution in [3.63, 3.8) is 0 Å². The maximum absolute atomic E-state index is 12.5. The van der Waals surface area contributed by atoms with Gasteiger partial charge in [0.1, 0.15) is 5.75 Å². The maximum Gasteiger partial charge on any atom is 0.262 e. The molecule has 26 heavy (non-hydrogen) atoms. The Hall–Kier alpha value is -3.35. The summed E-state index contributed by atoms with van der Waals surface area (Å²) in [6, 6.07) is 13.4. The van der Waals surface area contributed by atoms with Gasteiger partial charge >= 0.3 is 0 Å². The van der Waals surface area contributed by atoms with Gasteiger partial charge in [-0.05, 0) is 42.8 Å². The molecular formula is C19H19N5O2. The van der Waals surface area contributed by atoms with E-state index in [0.717, 1.165) is 28.3 Å². The van der Waals surface area contributed by atoms with Gasteiger partial charge in [-0.1, -0.05) is 12.1 Å². The van der Waals surface area contributed by atoms with Crippen LogP contribution in [0.1, 0.15) is 11.4 Å². The maximum atomic E-state index is 12.5. The highest BCUT2D eigenvalue weighted by Gasteiger charge is 2.14. The molecule has 0 spiro atoms. The van der Waals surface area contributed by atoms with Crippen LogP contribution in [0.25, 0.3) is 16.7 Å². The van der Waals surface area contributed by atoms with Gasteiger partial charge < -0.3 is 10.1 Å². The van der Waals surface area contributed by atoms with Crippen LogP contribution in [0.2, 0.25) is 0 Å². The summed E-state index contributed by atoms with van der Waals surface area (Å²) in [4.78, 5) is 12.5. The third kappa shape index (κ3) is 2.48. The van der Waals surface area contributed by atoms with Gasteiger partial charge in [-0.25, -0.2) is 0 Å². The molecule has 0 fully saturated rings. The van der Waals surface area contributed by atoms with Crippen LogP contribution in [0.4, 0.5) is 5.69 Å². The van der Waals surface area contributed by atoms with E-state index >= 15 is 0 Å². The van der Waals surface area contributed by atoms with E-state index in [4.69, 9.17) is 4.74 Å². The number of rotatable bonds is 4. The van der Waals surface area contributed by atoms with Gasteiger partial charge in [0.25, 0.3) is 5.56 Å². The third-order valence-electron chi connectivity index (χ3n) is 4.56. The molecule has 132 valence electrons. The van der Waals surface area contributed by atoms with Crippen molar-refractivity contribution < 1.29 is 4.74 Å². The van der Waals surface area contributed by atoms with E-state index in [1.54, 1.807) is 14.2 Å². The van der Waals surface area contributed by atoms with Crippen molar-refractivity contribution in [2.75, 3.05) is 12.4 Å².